The number of hydrogen-bond donors (Lipinski definition) is 3. The fraction of sp³-hybridized carbons (Fsp3) is 0.538. The van der Waals surface area contributed by atoms with Gasteiger partial charge in [0.15, 0.2) is 0 Å². The zero-order chi connectivity index (χ0) is 19.0. The molecule has 5 N–H and O–H groups in total. The van der Waals surface area contributed by atoms with Crippen molar-refractivity contribution in [2.24, 2.45) is 10.9 Å². The molecule has 0 unspecified atom stereocenters. The predicted molar refractivity (Wildman–Crippen MR) is 84.2 cm³/mol. The van der Waals surface area contributed by atoms with Gasteiger partial charge in [-0.25, -0.2) is 14.8 Å². The van der Waals surface area contributed by atoms with E-state index in [0.29, 0.717) is 11.4 Å². The minimum absolute atomic E-state index is 0.275. The molecule has 0 spiro atoms. The summed E-state index contributed by atoms with van der Waals surface area (Å²) in [4.78, 5) is 24.0. The number of rotatable bonds is 3. The number of carboxylic acids is 1. The largest absolute Gasteiger partial charge is 0.490 e. The molecule has 25 heavy (non-hydrogen) atoms. The number of carboxylic acid groups (broad SMARTS) is 1. The van der Waals surface area contributed by atoms with Crippen LogP contribution >= 0.6 is 0 Å². The molecule has 0 amide bonds. The van der Waals surface area contributed by atoms with Crippen molar-refractivity contribution < 1.29 is 27.9 Å². The number of carbonyl (C=O) groups is 1. The van der Waals surface area contributed by atoms with E-state index in [1.807, 2.05) is 0 Å². The summed E-state index contributed by atoms with van der Waals surface area (Å²) in [6.07, 6.45) is -0.182. The molecule has 1 fully saturated rings. The first-order valence-electron chi connectivity index (χ1n) is 7.14. The second kappa shape index (κ2) is 9.01. The molecule has 0 aliphatic carbocycles. The van der Waals surface area contributed by atoms with Crippen molar-refractivity contribution in [3.05, 3.63) is 11.9 Å². The fourth-order valence-electron chi connectivity index (χ4n) is 1.99. The highest BCUT2D eigenvalue weighted by Crippen LogP contribution is 2.22. The maximum Gasteiger partial charge on any atom is 0.490 e. The zero-order valence-electron chi connectivity index (χ0n) is 13.4. The molecule has 1 aromatic rings. The van der Waals surface area contributed by atoms with E-state index in [-0.39, 0.29) is 6.04 Å². The van der Waals surface area contributed by atoms with Crippen LogP contribution in [0.1, 0.15) is 18.4 Å². The molecule has 1 aliphatic heterocycles. The zero-order valence-corrected chi connectivity index (χ0v) is 13.4. The Morgan fingerprint density at radius 1 is 1.44 bits per heavy atom. The molecular formula is C13H19F3N6O3. The third kappa shape index (κ3) is 6.41. The number of nitrogens with zero attached hydrogens (tertiary/aromatic N) is 4. The number of alkyl halides is 3. The van der Waals surface area contributed by atoms with Crippen molar-refractivity contribution in [2.45, 2.75) is 25.1 Å². The lowest BCUT2D eigenvalue weighted by Gasteiger charge is -2.31. The molecule has 1 aromatic heterocycles. The van der Waals surface area contributed by atoms with E-state index in [4.69, 9.17) is 21.4 Å². The Balaban J connectivity index is 0.000000381. The van der Waals surface area contributed by atoms with E-state index in [1.165, 1.54) is 13.4 Å². The standard InChI is InChI=1S/C11H18N6O.C2HF3O2/c1-18-16-6-9-10(13)14-7-15-11(9)17-4-2-8(12)3-5-17;3-2(4,5)1(6)7/h6-8H,2-5,12H2,1H3,(H2,13,14,15);(H,6,7). The van der Waals surface area contributed by atoms with Crippen LogP contribution in [0.3, 0.4) is 0 Å². The number of nitrogen functional groups attached to an aromatic ring is 1. The highest BCUT2D eigenvalue weighted by molar-refractivity contribution is 5.91. The van der Waals surface area contributed by atoms with Gasteiger partial charge in [0.25, 0.3) is 0 Å². The third-order valence-electron chi connectivity index (χ3n) is 3.26. The number of oxime groups is 1. The van der Waals surface area contributed by atoms with Gasteiger partial charge in [0.2, 0.25) is 0 Å². The van der Waals surface area contributed by atoms with Crippen LogP contribution in [0, 0.1) is 0 Å². The predicted octanol–water partition coefficient (Wildman–Crippen LogP) is 0.600. The number of piperidine rings is 1. The average molecular weight is 364 g/mol. The van der Waals surface area contributed by atoms with Gasteiger partial charge < -0.3 is 26.3 Å². The quantitative estimate of drug-likeness (QED) is 0.523. The molecule has 1 aliphatic rings. The first-order chi connectivity index (χ1) is 11.7. The van der Waals surface area contributed by atoms with Gasteiger partial charge in [0.05, 0.1) is 11.8 Å². The normalized spacial score (nSPS) is 15.6. The van der Waals surface area contributed by atoms with E-state index < -0.39 is 12.1 Å². The lowest BCUT2D eigenvalue weighted by atomic mass is 10.1. The lowest BCUT2D eigenvalue weighted by Crippen LogP contribution is -2.40. The highest BCUT2D eigenvalue weighted by atomic mass is 19.4. The van der Waals surface area contributed by atoms with Crippen molar-refractivity contribution in [1.82, 2.24) is 9.97 Å². The van der Waals surface area contributed by atoms with E-state index in [2.05, 4.69) is 24.9 Å². The molecule has 0 aromatic carbocycles. The van der Waals surface area contributed by atoms with Crippen molar-refractivity contribution >= 4 is 23.8 Å². The summed E-state index contributed by atoms with van der Waals surface area (Å²) in [5.74, 6) is -1.57. The minimum Gasteiger partial charge on any atom is -0.475 e. The van der Waals surface area contributed by atoms with Crippen LogP contribution in [-0.4, -0.2) is 59.7 Å². The summed E-state index contributed by atoms with van der Waals surface area (Å²) in [7, 11) is 1.48. The summed E-state index contributed by atoms with van der Waals surface area (Å²) in [6.45, 7) is 1.73. The molecule has 12 heteroatoms. The van der Waals surface area contributed by atoms with Gasteiger partial charge >= 0.3 is 12.1 Å². The monoisotopic (exact) mass is 364 g/mol. The Morgan fingerprint density at radius 2 is 2.00 bits per heavy atom. The maximum atomic E-state index is 10.6. The van der Waals surface area contributed by atoms with Crippen molar-refractivity contribution in [3.63, 3.8) is 0 Å². The number of aromatic nitrogens is 2. The molecule has 2 heterocycles. The first-order valence-corrected chi connectivity index (χ1v) is 7.14. The Hall–Kier alpha value is -2.63. The molecular weight excluding hydrogens is 345 g/mol. The number of nitrogens with two attached hydrogens (primary N) is 2. The van der Waals surface area contributed by atoms with Crippen molar-refractivity contribution in [3.8, 4) is 0 Å². The second-order valence-electron chi connectivity index (χ2n) is 5.04. The minimum atomic E-state index is -5.08. The summed E-state index contributed by atoms with van der Waals surface area (Å²) in [6, 6.07) is 0.275. The molecule has 0 atom stereocenters. The SMILES string of the molecule is CON=Cc1c(N)ncnc1N1CCC(N)CC1.O=C(O)C(F)(F)F. The Bertz CT molecular complexity index is 603. The van der Waals surface area contributed by atoms with Crippen molar-refractivity contribution in [2.75, 3.05) is 30.8 Å². The van der Waals surface area contributed by atoms with Gasteiger partial charge in [-0.2, -0.15) is 13.2 Å². The van der Waals surface area contributed by atoms with Crippen LogP contribution in [0.2, 0.25) is 0 Å². The van der Waals surface area contributed by atoms with E-state index in [1.54, 1.807) is 6.21 Å². The van der Waals surface area contributed by atoms with Gasteiger partial charge in [-0.3, -0.25) is 0 Å². The highest BCUT2D eigenvalue weighted by Gasteiger charge is 2.38. The number of aliphatic carboxylic acids is 1. The van der Waals surface area contributed by atoms with E-state index >= 15 is 0 Å². The molecule has 0 saturated carbocycles. The van der Waals surface area contributed by atoms with Crippen LogP contribution < -0.4 is 16.4 Å². The summed E-state index contributed by atoms with van der Waals surface area (Å²) in [5.41, 5.74) is 12.4. The van der Waals surface area contributed by atoms with E-state index in [9.17, 15) is 13.2 Å². The third-order valence-corrected chi connectivity index (χ3v) is 3.26. The molecule has 0 bridgehead atoms. The van der Waals surface area contributed by atoms with Gasteiger partial charge in [-0.05, 0) is 12.8 Å². The van der Waals surface area contributed by atoms with Crippen LogP contribution in [0.25, 0.3) is 0 Å². The van der Waals surface area contributed by atoms with Gasteiger partial charge in [-0.15, -0.1) is 0 Å². The van der Waals surface area contributed by atoms with Gasteiger partial charge in [0.1, 0.15) is 25.1 Å². The average Bonchev–Trinajstić information content (AvgIpc) is 2.54. The maximum absolute atomic E-state index is 10.6. The van der Waals surface area contributed by atoms with Gasteiger partial charge in [0, 0.05) is 19.1 Å². The van der Waals surface area contributed by atoms with Crippen LogP contribution in [-0.2, 0) is 9.63 Å². The summed E-state index contributed by atoms with van der Waals surface area (Å²) < 4.78 is 31.7. The Morgan fingerprint density at radius 3 is 2.48 bits per heavy atom. The number of halogens is 3. The summed E-state index contributed by atoms with van der Waals surface area (Å²) in [5, 5.41) is 10.9. The van der Waals surface area contributed by atoms with Gasteiger partial charge in [-0.1, -0.05) is 5.16 Å². The van der Waals surface area contributed by atoms with Crippen LogP contribution in [0.5, 0.6) is 0 Å². The summed E-state index contributed by atoms with van der Waals surface area (Å²) >= 11 is 0. The Kier molecular flexibility index (Phi) is 7.36. The second-order valence-corrected chi connectivity index (χ2v) is 5.04. The smallest absolute Gasteiger partial charge is 0.475 e. The first kappa shape index (κ1) is 20.4. The lowest BCUT2D eigenvalue weighted by molar-refractivity contribution is -0.192. The molecule has 1 saturated heterocycles. The topological polar surface area (TPSA) is 140 Å². The molecule has 0 radical (unpaired) electrons. The van der Waals surface area contributed by atoms with Crippen LogP contribution in [0.15, 0.2) is 11.5 Å². The fourth-order valence-corrected chi connectivity index (χ4v) is 1.99. The number of anilines is 2. The van der Waals surface area contributed by atoms with Crippen LogP contribution in [0.4, 0.5) is 24.8 Å². The Labute approximate surface area is 141 Å². The molecule has 140 valence electrons. The molecule has 9 nitrogen and oxygen atoms in total. The van der Waals surface area contributed by atoms with Crippen molar-refractivity contribution in [1.29, 1.82) is 0 Å². The van der Waals surface area contributed by atoms with E-state index in [0.717, 1.165) is 31.7 Å². The number of hydrogen-bond acceptors (Lipinski definition) is 8. The molecule has 2 rings (SSSR count).